The summed E-state index contributed by atoms with van der Waals surface area (Å²) in [5.74, 6) is -0.0561. The second-order valence-corrected chi connectivity index (χ2v) is 9.44. The number of hydrogen-bond donors (Lipinski definition) is 1. The fraction of sp³-hybridized carbons (Fsp3) is 0.654. The summed E-state index contributed by atoms with van der Waals surface area (Å²) in [6.07, 6.45) is 7.56. The minimum Gasteiger partial charge on any atom is -0.337 e. The second-order valence-electron chi connectivity index (χ2n) is 9.44. The highest BCUT2D eigenvalue weighted by Gasteiger charge is 2.50. The van der Waals surface area contributed by atoms with Gasteiger partial charge in [0.05, 0.1) is 13.1 Å². The van der Waals surface area contributed by atoms with E-state index in [1.165, 1.54) is 19.3 Å². The Morgan fingerprint density at radius 3 is 2.41 bits per heavy atom. The Bertz CT molecular complexity index is 818. The number of nitrogens with one attached hydrogen (secondary N) is 1. The number of benzene rings is 1. The van der Waals surface area contributed by atoms with Gasteiger partial charge in [-0.1, -0.05) is 82.7 Å². The first-order valence-corrected chi connectivity index (χ1v) is 12.9. The van der Waals surface area contributed by atoms with E-state index in [0.717, 1.165) is 31.2 Å². The summed E-state index contributed by atoms with van der Waals surface area (Å²) in [5, 5.41) is 6.33. The van der Waals surface area contributed by atoms with Gasteiger partial charge in [-0.2, -0.15) is 0 Å². The number of nitrogens with zero attached hydrogens (tertiary/aromatic N) is 4. The van der Waals surface area contributed by atoms with E-state index in [9.17, 15) is 14.4 Å². The summed E-state index contributed by atoms with van der Waals surface area (Å²) in [6, 6.07) is 9.02. The van der Waals surface area contributed by atoms with E-state index in [0.29, 0.717) is 26.1 Å². The number of hydrogen-bond acceptors (Lipinski definition) is 4. The zero-order chi connectivity index (χ0) is 24.5. The molecule has 188 valence electrons. The molecule has 8 heteroatoms. The standard InChI is InChI=1S/C26H41N5O3/c1-4-6-8-9-13-17-29-19-23-30(22(25(29)33)16-7-5-2)24(32)20-28(3)31(23)26(34)27-18-21-14-11-10-12-15-21/h10-12,14-15,22-23H,4-9,13,16-20H2,1-3H3,(H,27,34)/t22-,23-/m0/s1. The van der Waals surface area contributed by atoms with Crippen molar-refractivity contribution in [3.8, 4) is 0 Å². The van der Waals surface area contributed by atoms with Gasteiger partial charge >= 0.3 is 6.03 Å². The van der Waals surface area contributed by atoms with Gasteiger partial charge < -0.3 is 15.1 Å². The molecule has 2 heterocycles. The van der Waals surface area contributed by atoms with Crippen LogP contribution in [0, 0.1) is 0 Å². The number of urea groups is 1. The van der Waals surface area contributed by atoms with Crippen molar-refractivity contribution in [3.63, 3.8) is 0 Å². The highest BCUT2D eigenvalue weighted by atomic mass is 16.2. The Kier molecular flexibility index (Phi) is 9.74. The molecule has 1 N–H and O–H groups in total. The first kappa shape index (κ1) is 26.0. The van der Waals surface area contributed by atoms with Crippen molar-refractivity contribution in [2.75, 3.05) is 26.7 Å². The van der Waals surface area contributed by atoms with Crippen molar-refractivity contribution in [3.05, 3.63) is 35.9 Å². The van der Waals surface area contributed by atoms with Crippen LogP contribution in [0.5, 0.6) is 0 Å². The maximum atomic E-state index is 13.4. The topological polar surface area (TPSA) is 76.2 Å². The average Bonchev–Trinajstić information content (AvgIpc) is 2.83. The average molecular weight is 472 g/mol. The van der Waals surface area contributed by atoms with Crippen LogP contribution in [0.3, 0.4) is 0 Å². The lowest BCUT2D eigenvalue weighted by molar-refractivity contribution is -0.187. The lowest BCUT2D eigenvalue weighted by Crippen LogP contribution is -2.75. The van der Waals surface area contributed by atoms with Crippen molar-refractivity contribution in [2.45, 2.75) is 84.0 Å². The van der Waals surface area contributed by atoms with Gasteiger partial charge in [0.1, 0.15) is 12.2 Å². The van der Waals surface area contributed by atoms with Crippen molar-refractivity contribution in [1.82, 2.24) is 25.1 Å². The Morgan fingerprint density at radius 1 is 1.00 bits per heavy atom. The highest BCUT2D eigenvalue weighted by Crippen LogP contribution is 2.28. The van der Waals surface area contributed by atoms with Crippen LogP contribution >= 0.6 is 0 Å². The number of amides is 4. The van der Waals surface area contributed by atoms with Gasteiger partial charge in [-0.3, -0.25) is 9.59 Å². The van der Waals surface area contributed by atoms with Crippen LogP contribution < -0.4 is 5.32 Å². The molecular weight excluding hydrogens is 430 g/mol. The highest BCUT2D eigenvalue weighted by molar-refractivity contribution is 5.91. The molecule has 4 amide bonds. The third-order valence-corrected chi connectivity index (χ3v) is 6.80. The Hall–Kier alpha value is -2.61. The van der Waals surface area contributed by atoms with Gasteiger partial charge in [-0.25, -0.2) is 14.8 Å². The summed E-state index contributed by atoms with van der Waals surface area (Å²) >= 11 is 0. The normalized spacial score (nSPS) is 21.1. The van der Waals surface area contributed by atoms with E-state index in [-0.39, 0.29) is 24.4 Å². The maximum Gasteiger partial charge on any atom is 0.334 e. The molecule has 0 saturated carbocycles. The molecule has 2 atom stereocenters. The molecule has 34 heavy (non-hydrogen) atoms. The molecule has 0 bridgehead atoms. The maximum absolute atomic E-state index is 13.4. The molecule has 2 saturated heterocycles. The molecule has 2 aliphatic rings. The fourth-order valence-corrected chi connectivity index (χ4v) is 4.94. The molecule has 2 aliphatic heterocycles. The molecule has 1 aromatic rings. The smallest absolute Gasteiger partial charge is 0.334 e. The van der Waals surface area contributed by atoms with E-state index in [4.69, 9.17) is 0 Å². The summed E-state index contributed by atoms with van der Waals surface area (Å²) in [6.45, 7) is 5.80. The molecule has 3 rings (SSSR count). The predicted octanol–water partition coefficient (Wildman–Crippen LogP) is 3.58. The van der Waals surface area contributed by atoms with E-state index >= 15 is 0 Å². The second kappa shape index (κ2) is 12.7. The van der Waals surface area contributed by atoms with E-state index < -0.39 is 12.2 Å². The number of carbonyl (C=O) groups is 3. The van der Waals surface area contributed by atoms with Gasteiger partial charge in [0.15, 0.2) is 0 Å². The van der Waals surface area contributed by atoms with Crippen molar-refractivity contribution >= 4 is 17.8 Å². The molecule has 1 aromatic carbocycles. The van der Waals surface area contributed by atoms with Crippen molar-refractivity contribution in [2.24, 2.45) is 0 Å². The molecule has 8 nitrogen and oxygen atoms in total. The van der Waals surface area contributed by atoms with Gasteiger partial charge in [0, 0.05) is 20.1 Å². The van der Waals surface area contributed by atoms with Gasteiger partial charge in [0.2, 0.25) is 11.8 Å². The van der Waals surface area contributed by atoms with Crippen LogP contribution in [0.4, 0.5) is 4.79 Å². The monoisotopic (exact) mass is 471 g/mol. The number of rotatable bonds is 11. The van der Waals surface area contributed by atoms with E-state index in [2.05, 4.69) is 19.2 Å². The molecule has 0 spiro atoms. The van der Waals surface area contributed by atoms with Crippen molar-refractivity contribution in [1.29, 1.82) is 0 Å². The molecule has 0 unspecified atom stereocenters. The molecule has 2 fully saturated rings. The summed E-state index contributed by atoms with van der Waals surface area (Å²) in [5.41, 5.74) is 1.01. The number of fused-ring (bicyclic) bond motifs is 1. The van der Waals surface area contributed by atoms with Crippen molar-refractivity contribution < 1.29 is 14.4 Å². The third-order valence-electron chi connectivity index (χ3n) is 6.80. The third kappa shape index (κ3) is 6.29. The van der Waals surface area contributed by atoms with E-state index in [1.54, 1.807) is 22.0 Å². The first-order chi connectivity index (χ1) is 16.5. The molecule has 0 radical (unpaired) electrons. The first-order valence-electron chi connectivity index (χ1n) is 12.9. The predicted molar refractivity (Wildman–Crippen MR) is 132 cm³/mol. The molecular formula is C26H41N5O3. The zero-order valence-corrected chi connectivity index (χ0v) is 21.0. The molecule has 0 aliphatic carbocycles. The number of hydrazine groups is 1. The number of carbonyl (C=O) groups excluding carboxylic acids is 3. The number of unbranched alkanes of at least 4 members (excludes halogenated alkanes) is 5. The largest absolute Gasteiger partial charge is 0.337 e. The van der Waals surface area contributed by atoms with Crippen LogP contribution in [0.25, 0.3) is 0 Å². The van der Waals surface area contributed by atoms with Gasteiger partial charge in [0.25, 0.3) is 0 Å². The molecule has 0 aromatic heterocycles. The number of piperazine rings is 1. The van der Waals surface area contributed by atoms with Crippen LogP contribution in [0.1, 0.15) is 70.8 Å². The van der Waals surface area contributed by atoms with Gasteiger partial charge in [-0.05, 0) is 18.4 Å². The zero-order valence-electron chi connectivity index (χ0n) is 21.0. The minimum atomic E-state index is -0.500. The van der Waals surface area contributed by atoms with E-state index in [1.807, 2.05) is 35.2 Å². The lowest BCUT2D eigenvalue weighted by Gasteiger charge is -2.54. The van der Waals surface area contributed by atoms with Crippen LogP contribution in [-0.2, 0) is 16.1 Å². The minimum absolute atomic E-state index is 0.0303. The Balaban J connectivity index is 1.77. The summed E-state index contributed by atoms with van der Waals surface area (Å²) < 4.78 is 0. The number of likely N-dealkylation sites (N-methyl/N-ethyl adjacent to an activating group) is 1. The van der Waals surface area contributed by atoms with Crippen LogP contribution in [-0.4, -0.2) is 76.6 Å². The Labute approximate surface area is 204 Å². The quantitative estimate of drug-likeness (QED) is 0.501. The lowest BCUT2D eigenvalue weighted by atomic mass is 10.0. The SMILES string of the molecule is CCCCCCCN1C[C@H]2N(C(=O)CN(C)N2C(=O)NCc2ccccc2)[C@@H](CCCC)C1=O. The summed E-state index contributed by atoms with van der Waals surface area (Å²) in [4.78, 5) is 43.4. The van der Waals surface area contributed by atoms with Gasteiger partial charge in [-0.15, -0.1) is 0 Å². The van der Waals surface area contributed by atoms with Crippen LogP contribution in [0.15, 0.2) is 30.3 Å². The fourth-order valence-electron chi connectivity index (χ4n) is 4.94. The van der Waals surface area contributed by atoms with Crippen LogP contribution in [0.2, 0.25) is 0 Å². The summed E-state index contributed by atoms with van der Waals surface area (Å²) in [7, 11) is 1.77. The Morgan fingerprint density at radius 2 is 1.71 bits per heavy atom.